The summed E-state index contributed by atoms with van der Waals surface area (Å²) in [5.41, 5.74) is 4.92. The van der Waals surface area contributed by atoms with E-state index in [1.807, 2.05) is 25.7 Å². The second kappa shape index (κ2) is 9.53. The largest absolute Gasteiger partial charge is 0.361 e. The summed E-state index contributed by atoms with van der Waals surface area (Å²) in [4.78, 5) is 17.5. The van der Waals surface area contributed by atoms with Crippen molar-refractivity contribution in [2.24, 2.45) is 5.92 Å². The number of amides is 1. The van der Waals surface area contributed by atoms with Gasteiger partial charge in [0, 0.05) is 50.4 Å². The fourth-order valence-corrected chi connectivity index (χ4v) is 5.23. The van der Waals surface area contributed by atoms with Gasteiger partial charge in [-0.1, -0.05) is 18.2 Å². The van der Waals surface area contributed by atoms with E-state index in [9.17, 15) is 9.18 Å². The third-order valence-corrected chi connectivity index (χ3v) is 6.73. The number of nitrogens with zero attached hydrogens (tertiary/aromatic N) is 3. The number of carbonyl (C=O) groups excluding carboxylic acids is 1. The van der Waals surface area contributed by atoms with Crippen LogP contribution in [0, 0.1) is 5.92 Å². The standard InChI is InChI=1S/C25H34FN3O2/c1-4-27(5-2)25(30)19-13-21-20-9-7-10-22-24(20)18(15-29(22)17-31-6-3)14-23(21)28(16-19)12-8-11-26/h7,9-10,13,15,19,23H,4-6,8,11-12,14,16-17H2,1-3H3/t19-,23?/m1/s1. The first-order valence-electron chi connectivity index (χ1n) is 11.6. The first-order valence-corrected chi connectivity index (χ1v) is 11.6. The maximum atomic E-state index is 13.2. The molecule has 1 aliphatic carbocycles. The monoisotopic (exact) mass is 427 g/mol. The molecule has 1 aliphatic heterocycles. The van der Waals surface area contributed by atoms with E-state index in [0.717, 1.165) is 6.42 Å². The van der Waals surface area contributed by atoms with Crippen LogP contribution in [0.4, 0.5) is 4.39 Å². The van der Waals surface area contributed by atoms with Crippen molar-refractivity contribution in [1.82, 2.24) is 14.4 Å². The molecule has 0 saturated heterocycles. The quantitative estimate of drug-likeness (QED) is 0.605. The summed E-state index contributed by atoms with van der Waals surface area (Å²) >= 11 is 0. The van der Waals surface area contributed by atoms with Crippen LogP contribution < -0.4 is 0 Å². The number of fused-ring (bicyclic) bond motifs is 2. The fourth-order valence-electron chi connectivity index (χ4n) is 5.23. The molecule has 2 aliphatic rings. The van der Waals surface area contributed by atoms with Crippen molar-refractivity contribution in [2.45, 2.75) is 46.4 Å². The number of alkyl halides is 1. The molecule has 0 radical (unpaired) electrons. The normalized spacial score (nSPS) is 20.6. The molecule has 1 aromatic heterocycles. The number of benzene rings is 1. The van der Waals surface area contributed by atoms with Gasteiger partial charge in [0.05, 0.1) is 18.1 Å². The molecule has 0 spiro atoms. The zero-order valence-corrected chi connectivity index (χ0v) is 18.9. The molecular formula is C25H34FN3O2. The predicted molar refractivity (Wildman–Crippen MR) is 123 cm³/mol. The third-order valence-electron chi connectivity index (χ3n) is 6.73. The van der Waals surface area contributed by atoms with Gasteiger partial charge in [-0.15, -0.1) is 0 Å². The maximum absolute atomic E-state index is 13.2. The van der Waals surface area contributed by atoms with Crippen LogP contribution >= 0.6 is 0 Å². The Balaban J connectivity index is 1.78. The van der Waals surface area contributed by atoms with Crippen LogP contribution in [0.25, 0.3) is 16.5 Å². The first-order chi connectivity index (χ1) is 15.1. The molecule has 1 aromatic carbocycles. The molecule has 5 nitrogen and oxygen atoms in total. The number of ether oxygens (including phenoxy) is 1. The molecular weight excluding hydrogens is 393 g/mol. The molecule has 0 saturated carbocycles. The summed E-state index contributed by atoms with van der Waals surface area (Å²) in [5.74, 6) is -0.0128. The average Bonchev–Trinajstić information content (AvgIpc) is 3.15. The smallest absolute Gasteiger partial charge is 0.230 e. The van der Waals surface area contributed by atoms with E-state index in [1.54, 1.807) is 0 Å². The zero-order valence-electron chi connectivity index (χ0n) is 18.9. The van der Waals surface area contributed by atoms with Crippen molar-refractivity contribution in [3.63, 3.8) is 0 Å². The summed E-state index contributed by atoms with van der Waals surface area (Å²) in [6.45, 7) is 9.69. The van der Waals surface area contributed by atoms with Gasteiger partial charge < -0.3 is 14.2 Å². The summed E-state index contributed by atoms with van der Waals surface area (Å²) in [7, 11) is 0. The molecule has 6 heteroatoms. The molecule has 31 heavy (non-hydrogen) atoms. The van der Waals surface area contributed by atoms with Crippen molar-refractivity contribution >= 4 is 22.4 Å². The Morgan fingerprint density at radius 3 is 2.77 bits per heavy atom. The third kappa shape index (κ3) is 4.03. The number of carbonyl (C=O) groups is 1. The van der Waals surface area contributed by atoms with Gasteiger partial charge in [0.25, 0.3) is 0 Å². The summed E-state index contributed by atoms with van der Waals surface area (Å²) in [5, 5.41) is 1.27. The van der Waals surface area contributed by atoms with Gasteiger partial charge in [0.2, 0.25) is 5.91 Å². The van der Waals surface area contributed by atoms with Gasteiger partial charge >= 0.3 is 0 Å². The fraction of sp³-hybridized carbons (Fsp3) is 0.560. The number of halogens is 1. The summed E-state index contributed by atoms with van der Waals surface area (Å²) in [6.07, 6.45) is 5.80. The number of rotatable bonds is 9. The van der Waals surface area contributed by atoms with E-state index in [2.05, 4.69) is 39.9 Å². The first kappa shape index (κ1) is 22.0. The average molecular weight is 428 g/mol. The van der Waals surface area contributed by atoms with Crippen molar-refractivity contribution in [3.8, 4) is 0 Å². The highest BCUT2D eigenvalue weighted by Gasteiger charge is 2.38. The van der Waals surface area contributed by atoms with Crippen molar-refractivity contribution in [1.29, 1.82) is 0 Å². The second-order valence-electron chi connectivity index (χ2n) is 8.44. The van der Waals surface area contributed by atoms with E-state index in [-0.39, 0.29) is 24.5 Å². The maximum Gasteiger partial charge on any atom is 0.230 e. The lowest BCUT2D eigenvalue weighted by atomic mass is 9.79. The van der Waals surface area contributed by atoms with E-state index in [1.165, 1.54) is 27.6 Å². The van der Waals surface area contributed by atoms with Crippen LogP contribution in [-0.2, 0) is 22.7 Å². The van der Waals surface area contributed by atoms with Crippen LogP contribution in [0.15, 0.2) is 30.5 Å². The lowest BCUT2D eigenvalue weighted by Gasteiger charge is -2.42. The Kier molecular flexibility index (Phi) is 6.77. The van der Waals surface area contributed by atoms with Crippen LogP contribution in [0.2, 0.25) is 0 Å². The lowest BCUT2D eigenvalue weighted by molar-refractivity contribution is -0.134. The van der Waals surface area contributed by atoms with Gasteiger partial charge in [-0.25, -0.2) is 0 Å². The minimum atomic E-state index is -0.331. The van der Waals surface area contributed by atoms with E-state index < -0.39 is 0 Å². The molecule has 2 aromatic rings. The highest BCUT2D eigenvalue weighted by Crippen LogP contribution is 2.42. The molecule has 1 amide bonds. The summed E-state index contributed by atoms with van der Waals surface area (Å²) in [6, 6.07) is 6.60. The highest BCUT2D eigenvalue weighted by atomic mass is 19.1. The van der Waals surface area contributed by atoms with Crippen LogP contribution in [0.1, 0.15) is 38.3 Å². The van der Waals surface area contributed by atoms with Crippen molar-refractivity contribution in [2.75, 3.05) is 39.5 Å². The Morgan fingerprint density at radius 2 is 2.06 bits per heavy atom. The zero-order chi connectivity index (χ0) is 22.0. The molecule has 4 rings (SSSR count). The van der Waals surface area contributed by atoms with Crippen LogP contribution in [-0.4, -0.2) is 65.8 Å². The molecule has 0 fully saturated rings. The van der Waals surface area contributed by atoms with Crippen LogP contribution in [0.5, 0.6) is 0 Å². The molecule has 1 unspecified atom stereocenters. The molecule has 2 heterocycles. The van der Waals surface area contributed by atoms with Gasteiger partial charge in [0.15, 0.2) is 0 Å². The highest BCUT2D eigenvalue weighted by molar-refractivity contribution is 5.99. The van der Waals surface area contributed by atoms with Gasteiger partial charge in [-0.2, -0.15) is 0 Å². The van der Waals surface area contributed by atoms with Crippen molar-refractivity contribution in [3.05, 3.63) is 41.6 Å². The number of aromatic nitrogens is 1. The Labute approximate surface area is 184 Å². The van der Waals surface area contributed by atoms with Gasteiger partial charge in [-0.05, 0) is 56.4 Å². The van der Waals surface area contributed by atoms with E-state index in [0.29, 0.717) is 45.9 Å². The Bertz CT molecular complexity index is 963. The minimum absolute atomic E-state index is 0.174. The molecule has 168 valence electrons. The Morgan fingerprint density at radius 1 is 1.26 bits per heavy atom. The van der Waals surface area contributed by atoms with E-state index in [4.69, 9.17) is 4.74 Å². The Hall–Kier alpha value is -2.18. The van der Waals surface area contributed by atoms with Gasteiger partial charge in [-0.3, -0.25) is 14.1 Å². The number of hydrogen-bond acceptors (Lipinski definition) is 3. The molecule has 0 bridgehead atoms. The minimum Gasteiger partial charge on any atom is -0.361 e. The van der Waals surface area contributed by atoms with Crippen molar-refractivity contribution < 1.29 is 13.9 Å². The van der Waals surface area contributed by atoms with E-state index >= 15 is 0 Å². The molecule has 2 atom stereocenters. The SMILES string of the molecule is CCOCn1cc2c3c(cccc31)C1=C[C@@H](C(=O)N(CC)CC)CN(CCCF)C1C2. The molecule has 0 N–H and O–H groups in total. The summed E-state index contributed by atoms with van der Waals surface area (Å²) < 4.78 is 20.9. The second-order valence-corrected chi connectivity index (χ2v) is 8.44. The van der Waals surface area contributed by atoms with Crippen LogP contribution in [0.3, 0.4) is 0 Å². The number of hydrogen-bond donors (Lipinski definition) is 0. The lowest BCUT2D eigenvalue weighted by Crippen LogP contribution is -2.49. The topological polar surface area (TPSA) is 37.7 Å². The van der Waals surface area contributed by atoms with Gasteiger partial charge in [0.1, 0.15) is 6.73 Å². The predicted octanol–water partition coefficient (Wildman–Crippen LogP) is 4.10.